The van der Waals surface area contributed by atoms with Gasteiger partial charge in [-0.3, -0.25) is 4.79 Å². The second-order valence-electron chi connectivity index (χ2n) is 5.18. The molecule has 3 N–H and O–H groups in total. The fraction of sp³-hybridized carbons (Fsp3) is 0.118. The molecule has 0 fully saturated rings. The molecule has 2 aromatic carbocycles. The number of hydrogen-bond acceptors (Lipinski definition) is 5. The van der Waals surface area contributed by atoms with E-state index < -0.39 is 5.91 Å². The Morgan fingerprint density at radius 3 is 2.52 bits per heavy atom. The Morgan fingerprint density at radius 2 is 1.84 bits per heavy atom. The van der Waals surface area contributed by atoms with Crippen molar-refractivity contribution in [3.8, 4) is 5.75 Å². The highest BCUT2D eigenvalue weighted by molar-refractivity contribution is 5.97. The number of nitrogens with zero attached hydrogens (tertiary/aromatic N) is 2. The van der Waals surface area contributed by atoms with Gasteiger partial charge in [-0.1, -0.05) is 12.1 Å². The molecule has 1 heterocycles. The van der Waals surface area contributed by atoms with E-state index in [1.165, 1.54) is 12.1 Å². The minimum atomic E-state index is -0.394. The highest BCUT2D eigenvalue weighted by Gasteiger charge is 2.16. The van der Waals surface area contributed by atoms with Gasteiger partial charge in [-0.15, -0.1) is 10.2 Å². The summed E-state index contributed by atoms with van der Waals surface area (Å²) >= 11 is 0. The number of hydrogen-bond donors (Lipinski definition) is 3. The number of carbonyl (C=O) groups excluding carboxylic acids is 1. The number of ether oxygens (including phenoxy) is 1. The van der Waals surface area contributed by atoms with Gasteiger partial charge in [-0.25, -0.2) is 4.39 Å². The van der Waals surface area contributed by atoms with E-state index in [-0.39, 0.29) is 18.1 Å². The normalized spacial score (nSPS) is 10.3. The predicted octanol–water partition coefficient (Wildman–Crippen LogP) is 2.63. The van der Waals surface area contributed by atoms with E-state index in [2.05, 4.69) is 26.0 Å². The topological polar surface area (TPSA) is 91.9 Å². The van der Waals surface area contributed by atoms with E-state index in [1.807, 2.05) is 0 Å². The van der Waals surface area contributed by atoms with Gasteiger partial charge in [0.05, 0.1) is 7.11 Å². The van der Waals surface area contributed by atoms with Gasteiger partial charge in [-0.05, 0) is 42.0 Å². The van der Waals surface area contributed by atoms with Crippen LogP contribution in [-0.4, -0.2) is 28.4 Å². The first-order valence-electron chi connectivity index (χ1n) is 7.50. The van der Waals surface area contributed by atoms with Crippen molar-refractivity contribution in [3.63, 3.8) is 0 Å². The number of halogens is 1. The van der Waals surface area contributed by atoms with Gasteiger partial charge in [0.15, 0.2) is 11.5 Å². The highest BCUT2D eigenvalue weighted by atomic mass is 19.1. The first-order chi connectivity index (χ1) is 12.2. The van der Waals surface area contributed by atoms with Crippen molar-refractivity contribution in [3.05, 3.63) is 65.6 Å². The van der Waals surface area contributed by atoms with Crippen molar-refractivity contribution in [2.45, 2.75) is 6.54 Å². The van der Waals surface area contributed by atoms with Gasteiger partial charge in [0.25, 0.3) is 5.91 Å². The summed E-state index contributed by atoms with van der Waals surface area (Å²) in [4.78, 5) is 12.3. The maximum absolute atomic E-state index is 12.9. The van der Waals surface area contributed by atoms with Crippen LogP contribution in [0.5, 0.6) is 5.75 Å². The van der Waals surface area contributed by atoms with Crippen LogP contribution in [-0.2, 0) is 6.54 Å². The molecule has 0 aliphatic carbocycles. The summed E-state index contributed by atoms with van der Waals surface area (Å²) in [6, 6.07) is 13.1. The Balaban J connectivity index is 1.65. The van der Waals surface area contributed by atoms with Crippen LogP contribution >= 0.6 is 0 Å². The van der Waals surface area contributed by atoms with Crippen LogP contribution in [0.2, 0.25) is 0 Å². The number of rotatable bonds is 6. The average molecular weight is 341 g/mol. The molecule has 1 amide bonds. The number of aromatic nitrogens is 3. The summed E-state index contributed by atoms with van der Waals surface area (Å²) in [6.45, 7) is 0.258. The Kier molecular flexibility index (Phi) is 4.89. The molecule has 0 saturated heterocycles. The lowest BCUT2D eigenvalue weighted by atomic mass is 10.2. The molecule has 0 saturated carbocycles. The van der Waals surface area contributed by atoms with Gasteiger partial charge >= 0.3 is 0 Å². The van der Waals surface area contributed by atoms with Crippen molar-refractivity contribution in [2.75, 3.05) is 12.4 Å². The van der Waals surface area contributed by atoms with Crippen LogP contribution in [0.1, 0.15) is 16.1 Å². The maximum Gasteiger partial charge on any atom is 0.275 e. The van der Waals surface area contributed by atoms with E-state index >= 15 is 0 Å². The number of carbonyl (C=O) groups is 1. The first-order valence-corrected chi connectivity index (χ1v) is 7.50. The summed E-state index contributed by atoms with van der Waals surface area (Å²) in [7, 11) is 1.59. The molecule has 8 heteroatoms. The number of nitrogens with one attached hydrogen (secondary N) is 3. The van der Waals surface area contributed by atoms with Crippen LogP contribution in [0, 0.1) is 5.82 Å². The third kappa shape index (κ3) is 4.11. The predicted molar refractivity (Wildman–Crippen MR) is 90.2 cm³/mol. The smallest absolute Gasteiger partial charge is 0.275 e. The molecule has 0 aliphatic heterocycles. The fourth-order valence-electron chi connectivity index (χ4n) is 2.16. The standard InChI is InChI=1S/C17H16FN5O2/c1-25-14-8-6-13(7-9-14)20-16-15(21-23-22-16)17(24)19-10-11-2-4-12(18)5-3-11/h2-9H,10H2,1H3,(H,19,24)(H2,20,21,22,23). The summed E-state index contributed by atoms with van der Waals surface area (Å²) in [5.41, 5.74) is 1.66. The molecule has 128 valence electrons. The Morgan fingerprint density at radius 1 is 1.12 bits per heavy atom. The Hall–Kier alpha value is -3.42. The van der Waals surface area contributed by atoms with Crippen molar-refractivity contribution < 1.29 is 13.9 Å². The van der Waals surface area contributed by atoms with E-state index in [4.69, 9.17) is 4.74 Å². The minimum absolute atomic E-state index is 0.137. The molecule has 3 rings (SSSR count). The van der Waals surface area contributed by atoms with Crippen molar-refractivity contribution in [1.29, 1.82) is 0 Å². The minimum Gasteiger partial charge on any atom is -0.497 e. The zero-order valence-corrected chi connectivity index (χ0v) is 13.4. The van der Waals surface area contributed by atoms with Crippen molar-refractivity contribution in [1.82, 2.24) is 20.7 Å². The van der Waals surface area contributed by atoms with Crippen molar-refractivity contribution in [2.24, 2.45) is 0 Å². The number of methoxy groups -OCH3 is 1. The summed E-state index contributed by atoms with van der Waals surface area (Å²) in [5, 5.41) is 16.0. The second kappa shape index (κ2) is 7.43. The monoisotopic (exact) mass is 341 g/mol. The van der Waals surface area contributed by atoms with Gasteiger partial charge in [0.1, 0.15) is 11.6 Å². The van der Waals surface area contributed by atoms with E-state index in [0.29, 0.717) is 5.82 Å². The van der Waals surface area contributed by atoms with Crippen LogP contribution in [0.25, 0.3) is 0 Å². The molecule has 0 spiro atoms. The second-order valence-corrected chi connectivity index (χ2v) is 5.18. The van der Waals surface area contributed by atoms with Crippen LogP contribution in [0.15, 0.2) is 48.5 Å². The number of amides is 1. The van der Waals surface area contributed by atoms with E-state index in [0.717, 1.165) is 17.0 Å². The molecule has 1 aromatic heterocycles. The van der Waals surface area contributed by atoms with Crippen molar-refractivity contribution >= 4 is 17.4 Å². The largest absolute Gasteiger partial charge is 0.497 e. The lowest BCUT2D eigenvalue weighted by Gasteiger charge is -2.07. The molecule has 25 heavy (non-hydrogen) atoms. The first kappa shape index (κ1) is 16.4. The van der Waals surface area contributed by atoms with E-state index in [9.17, 15) is 9.18 Å². The number of anilines is 2. The van der Waals surface area contributed by atoms with Crippen LogP contribution in [0.3, 0.4) is 0 Å². The Labute approximate surface area is 143 Å². The maximum atomic E-state index is 12.9. The molecule has 0 unspecified atom stereocenters. The highest BCUT2D eigenvalue weighted by Crippen LogP contribution is 2.20. The molecular formula is C17H16FN5O2. The van der Waals surface area contributed by atoms with E-state index in [1.54, 1.807) is 43.5 Å². The van der Waals surface area contributed by atoms with Gasteiger partial charge in [-0.2, -0.15) is 5.21 Å². The third-order valence-corrected chi connectivity index (χ3v) is 3.48. The molecule has 7 nitrogen and oxygen atoms in total. The summed E-state index contributed by atoms with van der Waals surface area (Å²) < 4.78 is 18.0. The zero-order chi connectivity index (χ0) is 17.6. The summed E-state index contributed by atoms with van der Waals surface area (Å²) in [5.74, 6) is 0.316. The number of H-pyrrole nitrogens is 1. The van der Waals surface area contributed by atoms with Crippen LogP contribution in [0.4, 0.5) is 15.9 Å². The molecule has 0 aliphatic rings. The fourth-order valence-corrected chi connectivity index (χ4v) is 2.16. The van der Waals surface area contributed by atoms with Gasteiger partial charge < -0.3 is 15.4 Å². The number of aromatic amines is 1. The number of benzene rings is 2. The molecule has 3 aromatic rings. The lowest BCUT2D eigenvalue weighted by molar-refractivity contribution is 0.0946. The summed E-state index contributed by atoms with van der Waals surface area (Å²) in [6.07, 6.45) is 0. The molecule has 0 bridgehead atoms. The van der Waals surface area contributed by atoms with Gasteiger partial charge in [0, 0.05) is 12.2 Å². The quantitative estimate of drug-likeness (QED) is 0.641. The molecular weight excluding hydrogens is 325 g/mol. The molecule has 0 radical (unpaired) electrons. The average Bonchev–Trinajstić information content (AvgIpc) is 3.10. The Bertz CT molecular complexity index is 846. The van der Waals surface area contributed by atoms with Gasteiger partial charge in [0.2, 0.25) is 0 Å². The zero-order valence-electron chi connectivity index (χ0n) is 13.4. The SMILES string of the molecule is COc1ccc(Nc2n[nH]nc2C(=O)NCc2ccc(F)cc2)cc1. The lowest BCUT2D eigenvalue weighted by Crippen LogP contribution is -2.24. The van der Waals surface area contributed by atoms with Crippen LogP contribution < -0.4 is 15.4 Å². The molecule has 0 atom stereocenters. The third-order valence-electron chi connectivity index (χ3n) is 3.48.